The van der Waals surface area contributed by atoms with E-state index in [1.807, 2.05) is 34.6 Å². The fraction of sp³-hybridized carbons (Fsp3) is 0.909. The molecule has 0 aliphatic carbocycles. The molecule has 0 saturated carbocycles. The lowest BCUT2D eigenvalue weighted by Gasteiger charge is -2.25. The van der Waals surface area contributed by atoms with E-state index in [4.69, 9.17) is 4.74 Å². The average Bonchev–Trinajstić information content (AvgIpc) is 2.06. The highest BCUT2D eigenvalue weighted by Crippen LogP contribution is 2.18. The predicted molar refractivity (Wildman–Crippen MR) is 54.5 cm³/mol. The molecule has 0 aromatic carbocycles. The maximum Gasteiger partial charge on any atom is 0.309 e. The van der Waals surface area contributed by atoms with Gasteiger partial charge in [0.1, 0.15) is 5.60 Å². The van der Waals surface area contributed by atoms with Crippen molar-refractivity contribution in [2.45, 2.75) is 59.5 Å². The molecule has 78 valence electrons. The van der Waals surface area contributed by atoms with Gasteiger partial charge in [-0.2, -0.15) is 0 Å². The van der Waals surface area contributed by atoms with Crippen molar-refractivity contribution in [1.29, 1.82) is 0 Å². The van der Waals surface area contributed by atoms with Crippen molar-refractivity contribution >= 4 is 5.97 Å². The first kappa shape index (κ1) is 12.5. The lowest BCUT2D eigenvalue weighted by molar-refractivity contribution is -0.162. The topological polar surface area (TPSA) is 26.3 Å². The van der Waals surface area contributed by atoms with Crippen LogP contribution in [0.3, 0.4) is 0 Å². The number of carbonyl (C=O) groups is 1. The molecule has 2 nitrogen and oxygen atoms in total. The molecule has 0 rings (SSSR count). The summed E-state index contributed by atoms with van der Waals surface area (Å²) < 4.78 is 5.39. The van der Waals surface area contributed by atoms with Gasteiger partial charge in [0.15, 0.2) is 0 Å². The largest absolute Gasteiger partial charge is 0.459 e. The molecule has 0 aliphatic rings. The molecule has 0 radical (unpaired) electrons. The Morgan fingerprint density at radius 2 is 1.69 bits per heavy atom. The van der Waals surface area contributed by atoms with Gasteiger partial charge in [-0.25, -0.2) is 0 Å². The second-order valence-electron chi connectivity index (χ2n) is 4.05. The highest BCUT2D eigenvalue weighted by molar-refractivity contribution is 5.72. The van der Waals surface area contributed by atoms with Crippen LogP contribution in [-0.2, 0) is 9.53 Å². The van der Waals surface area contributed by atoms with Crippen LogP contribution in [0, 0.1) is 5.92 Å². The zero-order valence-electron chi connectivity index (χ0n) is 9.52. The van der Waals surface area contributed by atoms with Crippen molar-refractivity contribution in [2.24, 2.45) is 5.92 Å². The van der Waals surface area contributed by atoms with Crippen LogP contribution in [0.25, 0.3) is 0 Å². The summed E-state index contributed by atoms with van der Waals surface area (Å²) in [5.74, 6) is 0.0303. The van der Waals surface area contributed by atoms with Crippen LogP contribution in [0.5, 0.6) is 0 Å². The summed E-state index contributed by atoms with van der Waals surface area (Å²) in [6.07, 6.45) is 2.60. The maximum atomic E-state index is 11.6. The normalized spacial score (nSPS) is 11.8. The molecular formula is C11H22O2. The number of hydrogen-bond acceptors (Lipinski definition) is 2. The highest BCUT2D eigenvalue weighted by Gasteiger charge is 2.24. The van der Waals surface area contributed by atoms with Crippen LogP contribution < -0.4 is 0 Å². The van der Waals surface area contributed by atoms with Crippen molar-refractivity contribution in [3.05, 3.63) is 0 Å². The third-order valence-electron chi connectivity index (χ3n) is 2.55. The van der Waals surface area contributed by atoms with E-state index in [9.17, 15) is 4.79 Å². The summed E-state index contributed by atoms with van der Waals surface area (Å²) >= 11 is 0. The fourth-order valence-electron chi connectivity index (χ4n) is 1.05. The van der Waals surface area contributed by atoms with Gasteiger partial charge in [-0.1, -0.05) is 20.8 Å². The summed E-state index contributed by atoms with van der Waals surface area (Å²) in [7, 11) is 0. The number of carbonyl (C=O) groups excluding carboxylic acids is 1. The highest BCUT2D eigenvalue weighted by atomic mass is 16.6. The van der Waals surface area contributed by atoms with Gasteiger partial charge in [0.2, 0.25) is 0 Å². The van der Waals surface area contributed by atoms with E-state index in [2.05, 4.69) is 0 Å². The van der Waals surface area contributed by atoms with Crippen molar-refractivity contribution < 1.29 is 9.53 Å². The molecule has 0 amide bonds. The van der Waals surface area contributed by atoms with Gasteiger partial charge in [-0.15, -0.1) is 0 Å². The first-order valence-corrected chi connectivity index (χ1v) is 5.19. The van der Waals surface area contributed by atoms with E-state index in [-0.39, 0.29) is 17.5 Å². The van der Waals surface area contributed by atoms with Crippen molar-refractivity contribution in [1.82, 2.24) is 0 Å². The number of hydrogen-bond donors (Lipinski definition) is 0. The molecule has 0 fully saturated rings. The molecule has 0 saturated heterocycles. The quantitative estimate of drug-likeness (QED) is 0.616. The van der Waals surface area contributed by atoms with Crippen LogP contribution in [0.2, 0.25) is 0 Å². The summed E-state index contributed by atoms with van der Waals surface area (Å²) in [6, 6.07) is 0. The Hall–Kier alpha value is -0.530. The van der Waals surface area contributed by atoms with Gasteiger partial charge in [-0.3, -0.25) is 4.79 Å². The molecule has 0 heterocycles. The van der Waals surface area contributed by atoms with Gasteiger partial charge in [0, 0.05) is 0 Å². The molecule has 0 atom stereocenters. The second-order valence-corrected chi connectivity index (χ2v) is 4.05. The average molecular weight is 186 g/mol. The Balaban J connectivity index is 4.13. The van der Waals surface area contributed by atoms with E-state index < -0.39 is 0 Å². The van der Waals surface area contributed by atoms with E-state index >= 15 is 0 Å². The Bertz CT molecular complexity index is 157. The molecule has 0 aromatic heterocycles. The minimum absolute atomic E-state index is 0.0446. The molecule has 2 heteroatoms. The molecule has 13 heavy (non-hydrogen) atoms. The lowest BCUT2D eigenvalue weighted by atomic mass is 10.0. The number of rotatable bonds is 5. The van der Waals surface area contributed by atoms with Gasteiger partial charge >= 0.3 is 5.97 Å². The Morgan fingerprint density at radius 1 is 1.23 bits per heavy atom. The predicted octanol–water partition coefficient (Wildman–Crippen LogP) is 3.15. The lowest BCUT2D eigenvalue weighted by Crippen LogP contribution is -2.30. The molecule has 0 aromatic rings. The molecule has 0 bridgehead atoms. The summed E-state index contributed by atoms with van der Waals surface area (Å²) in [5, 5.41) is 0. The van der Waals surface area contributed by atoms with Crippen LogP contribution >= 0.6 is 0 Å². The summed E-state index contributed by atoms with van der Waals surface area (Å²) in [4.78, 5) is 11.6. The van der Waals surface area contributed by atoms with Gasteiger partial charge < -0.3 is 4.74 Å². The van der Waals surface area contributed by atoms with E-state index in [0.29, 0.717) is 0 Å². The summed E-state index contributed by atoms with van der Waals surface area (Å²) in [5.41, 5.74) is -0.306. The fourth-order valence-corrected chi connectivity index (χ4v) is 1.05. The zero-order valence-corrected chi connectivity index (χ0v) is 9.52. The smallest absolute Gasteiger partial charge is 0.309 e. The van der Waals surface area contributed by atoms with Crippen molar-refractivity contribution in [3.8, 4) is 0 Å². The Kier molecular flexibility index (Phi) is 5.04. The maximum absolute atomic E-state index is 11.6. The molecule has 0 spiro atoms. The molecule has 0 aliphatic heterocycles. The minimum Gasteiger partial charge on any atom is -0.459 e. The second kappa shape index (κ2) is 5.25. The van der Waals surface area contributed by atoms with Gasteiger partial charge in [-0.05, 0) is 33.1 Å². The SMILES string of the molecule is CCC(CC)C(=O)OC(C)(C)CC. The van der Waals surface area contributed by atoms with E-state index in [0.717, 1.165) is 19.3 Å². The third kappa shape index (κ3) is 4.30. The van der Waals surface area contributed by atoms with Gasteiger partial charge in [0.25, 0.3) is 0 Å². The number of ether oxygens (including phenoxy) is 1. The van der Waals surface area contributed by atoms with E-state index in [1.165, 1.54) is 0 Å². The monoisotopic (exact) mass is 186 g/mol. The first-order valence-electron chi connectivity index (χ1n) is 5.19. The van der Waals surface area contributed by atoms with Gasteiger partial charge in [0.05, 0.1) is 5.92 Å². The Labute approximate surface area is 81.7 Å². The van der Waals surface area contributed by atoms with Crippen LogP contribution in [0.15, 0.2) is 0 Å². The van der Waals surface area contributed by atoms with Crippen LogP contribution in [0.1, 0.15) is 53.9 Å². The van der Waals surface area contributed by atoms with Crippen LogP contribution in [0.4, 0.5) is 0 Å². The summed E-state index contributed by atoms with van der Waals surface area (Å²) in [6.45, 7) is 9.98. The molecule has 0 N–H and O–H groups in total. The zero-order chi connectivity index (χ0) is 10.5. The van der Waals surface area contributed by atoms with Crippen molar-refractivity contribution in [3.63, 3.8) is 0 Å². The minimum atomic E-state index is -0.306. The van der Waals surface area contributed by atoms with Crippen molar-refractivity contribution in [2.75, 3.05) is 0 Å². The standard InChI is InChI=1S/C11H22O2/c1-6-9(7-2)10(12)13-11(4,5)8-3/h9H,6-8H2,1-5H3. The van der Waals surface area contributed by atoms with Crippen LogP contribution in [-0.4, -0.2) is 11.6 Å². The first-order chi connectivity index (χ1) is 5.96. The van der Waals surface area contributed by atoms with E-state index in [1.54, 1.807) is 0 Å². The molecule has 0 unspecified atom stereocenters. The number of esters is 1. The molecular weight excluding hydrogens is 164 g/mol. The Morgan fingerprint density at radius 3 is 2.00 bits per heavy atom. The third-order valence-corrected chi connectivity index (χ3v) is 2.55.